The van der Waals surface area contributed by atoms with Crippen molar-refractivity contribution in [2.75, 3.05) is 0 Å². The fourth-order valence-corrected chi connectivity index (χ4v) is 0. The number of hydrogen-bond acceptors (Lipinski definition) is 4. The van der Waals surface area contributed by atoms with Gasteiger partial charge in [-0.15, -0.1) is 0 Å². The summed E-state index contributed by atoms with van der Waals surface area (Å²) in [4.78, 5) is 25.6. The fourth-order valence-electron chi connectivity index (χ4n) is 0. The molecule has 0 spiro atoms. The number of phosphoric acid groups is 1. The van der Waals surface area contributed by atoms with Gasteiger partial charge < -0.3 is 19.2 Å². The van der Waals surface area contributed by atoms with Gasteiger partial charge in [0.15, 0.2) is 0 Å². The molecule has 9 heavy (non-hydrogen) atoms. The topological polar surface area (TPSA) is 86.2 Å². The zero-order valence-electron chi connectivity index (χ0n) is 6.08. The van der Waals surface area contributed by atoms with Gasteiger partial charge in [-0.3, -0.25) is 0 Å². The quantitative estimate of drug-likeness (QED) is 0.278. The summed E-state index contributed by atoms with van der Waals surface area (Å²) in [5.41, 5.74) is 0. The fraction of sp³-hybridized carbons (Fsp3) is 0. The second-order valence-corrected chi connectivity index (χ2v) is 1.34. The Balaban J connectivity index is -0.0000000133. The van der Waals surface area contributed by atoms with Gasteiger partial charge in [-0.25, -0.2) is 0 Å². The molecule has 0 amide bonds. The predicted octanol–water partition coefficient (Wildman–Crippen LogP) is -14.8. The Morgan fingerprint density at radius 2 is 0.778 bits per heavy atom. The second-order valence-electron chi connectivity index (χ2n) is 0.447. The zero-order chi connectivity index (χ0) is 4.50. The summed E-state index contributed by atoms with van der Waals surface area (Å²) in [6.07, 6.45) is 0. The maximum atomic E-state index is 8.55. The maximum Gasteiger partial charge on any atom is 1.00 e. The molecule has 0 heterocycles. The van der Waals surface area contributed by atoms with E-state index < -0.39 is 7.82 Å². The summed E-state index contributed by atoms with van der Waals surface area (Å²) in [5.74, 6) is 0. The van der Waals surface area contributed by atoms with Crippen LogP contribution in [-0.2, 0) is 4.57 Å². The van der Waals surface area contributed by atoms with E-state index in [-0.39, 0.29) is 118 Å². The minimum absolute atomic E-state index is 0. The molecule has 32 valence electrons. The molecule has 0 atom stereocenters. The van der Waals surface area contributed by atoms with Gasteiger partial charge in [0.25, 0.3) is 0 Å². The summed E-state index contributed by atoms with van der Waals surface area (Å²) < 4.78 is 8.55. The first-order valence-corrected chi connectivity index (χ1v) is 2.19. The van der Waals surface area contributed by atoms with Crippen LogP contribution in [0, 0.1) is 0 Å². The van der Waals surface area contributed by atoms with Crippen LogP contribution in [0.25, 0.3) is 0 Å². The molecule has 4 nitrogen and oxygen atoms in total. The van der Waals surface area contributed by atoms with E-state index in [9.17, 15) is 0 Å². The Morgan fingerprint density at radius 1 is 0.778 bits per heavy atom. The van der Waals surface area contributed by atoms with E-state index in [1.165, 1.54) is 0 Å². The Morgan fingerprint density at radius 3 is 0.778 bits per heavy atom. The van der Waals surface area contributed by atoms with Crippen LogP contribution in [0.2, 0.25) is 0 Å². The summed E-state index contributed by atoms with van der Waals surface area (Å²) in [5, 5.41) is 0. The van der Waals surface area contributed by atoms with E-state index in [2.05, 4.69) is 0 Å². The molecule has 0 N–H and O–H groups in total. The molecule has 0 saturated carbocycles. The van der Waals surface area contributed by atoms with Gasteiger partial charge in [0.1, 0.15) is 0 Å². The molecule has 0 aromatic carbocycles. The van der Waals surface area contributed by atoms with Crippen LogP contribution in [0.3, 0.4) is 0 Å². The van der Waals surface area contributed by atoms with Crippen LogP contribution in [0.5, 0.6) is 0 Å². The third-order valence-electron chi connectivity index (χ3n) is 0. The number of rotatable bonds is 0. The predicted molar refractivity (Wildman–Crippen MR) is 7.61 cm³/mol. The summed E-state index contributed by atoms with van der Waals surface area (Å²) in [6, 6.07) is 0. The van der Waals surface area contributed by atoms with Crippen LogP contribution >= 0.6 is 7.82 Å². The molecule has 9 heteroatoms. The number of hydrogen-bond donors (Lipinski definition) is 0. The second kappa shape index (κ2) is 14.6. The minimum Gasteiger partial charge on any atom is -0.822 e. The first-order valence-electron chi connectivity index (χ1n) is 0.730. The smallest absolute Gasteiger partial charge is 0.822 e. The molecule has 0 unspecified atom stereocenters. The molecule has 0 saturated heterocycles. The van der Waals surface area contributed by atoms with Crippen LogP contribution in [0.15, 0.2) is 0 Å². The van der Waals surface area contributed by atoms with Gasteiger partial charge in [0.2, 0.25) is 0 Å². The Kier molecular flexibility index (Phi) is 47.5. The first kappa shape index (κ1) is 29.2. The average Bonchev–Trinajstić information content (AvgIpc) is 0.722. The van der Waals surface area contributed by atoms with Gasteiger partial charge in [-0.2, -0.15) is 7.82 Å². The van der Waals surface area contributed by atoms with Crippen LogP contribution < -0.4 is 133 Å². The van der Waals surface area contributed by atoms with Crippen molar-refractivity contribution in [1.29, 1.82) is 0 Å². The summed E-state index contributed by atoms with van der Waals surface area (Å²) in [7, 11) is -5.39. The first-order chi connectivity index (χ1) is 2.00. The molecule has 0 rings (SSSR count). The molecule has 0 aliphatic heterocycles. The average molecular weight is 187 g/mol. The van der Waals surface area contributed by atoms with Crippen LogP contribution in [0.1, 0.15) is 0 Å². The van der Waals surface area contributed by atoms with E-state index in [0.717, 1.165) is 0 Å². The molecular formula is Na4O4P+. The largest absolute Gasteiger partial charge is 1.00 e. The third-order valence-corrected chi connectivity index (χ3v) is 0. The molecule has 0 aromatic heterocycles. The van der Waals surface area contributed by atoms with E-state index in [1.807, 2.05) is 0 Å². The van der Waals surface area contributed by atoms with Gasteiger partial charge in [0, 0.05) is 0 Å². The Hall–Kier alpha value is 4.11. The van der Waals surface area contributed by atoms with Crippen LogP contribution in [-0.4, -0.2) is 0 Å². The Bertz CT molecular complexity index is 58.7. The van der Waals surface area contributed by atoms with Gasteiger partial charge in [-0.1, -0.05) is 0 Å². The van der Waals surface area contributed by atoms with Gasteiger partial charge in [0.05, 0.1) is 0 Å². The van der Waals surface area contributed by atoms with Crippen molar-refractivity contribution in [2.45, 2.75) is 0 Å². The molecule has 0 bridgehead atoms. The SMILES string of the molecule is O=P([O-])([O-])[O-].[Na+].[Na+].[Na+].[Na+]. The van der Waals surface area contributed by atoms with E-state index in [0.29, 0.717) is 0 Å². The summed E-state index contributed by atoms with van der Waals surface area (Å²) in [6.45, 7) is 0. The monoisotopic (exact) mass is 187 g/mol. The van der Waals surface area contributed by atoms with E-state index in [4.69, 9.17) is 19.2 Å². The Labute approximate surface area is 142 Å². The van der Waals surface area contributed by atoms with Crippen molar-refractivity contribution in [3.63, 3.8) is 0 Å². The molecule has 0 aliphatic rings. The molecule has 0 aromatic rings. The standard InChI is InChI=1S/4Na.H3O4P/c;;;;1-5(2,3)4/h;;;;(H3,1,2,3,4)/q4*+1;/p-3. The minimum atomic E-state index is -5.39. The van der Waals surface area contributed by atoms with Crippen molar-refractivity contribution in [3.05, 3.63) is 0 Å². The van der Waals surface area contributed by atoms with Crippen molar-refractivity contribution in [1.82, 2.24) is 0 Å². The third kappa shape index (κ3) is 73.3. The normalized spacial score (nSPS) is 6.56. The van der Waals surface area contributed by atoms with Gasteiger partial charge in [-0.05, 0) is 0 Å². The van der Waals surface area contributed by atoms with E-state index in [1.54, 1.807) is 0 Å². The summed E-state index contributed by atoms with van der Waals surface area (Å²) >= 11 is 0. The van der Waals surface area contributed by atoms with Gasteiger partial charge >= 0.3 is 118 Å². The molecular weight excluding hydrogens is 187 g/mol. The van der Waals surface area contributed by atoms with E-state index >= 15 is 0 Å². The molecule has 0 fully saturated rings. The van der Waals surface area contributed by atoms with Crippen molar-refractivity contribution in [2.24, 2.45) is 0 Å². The molecule has 0 aliphatic carbocycles. The van der Waals surface area contributed by atoms with Crippen LogP contribution in [0.4, 0.5) is 0 Å². The zero-order valence-corrected chi connectivity index (χ0v) is 15.0. The van der Waals surface area contributed by atoms with Crippen molar-refractivity contribution >= 4 is 7.82 Å². The van der Waals surface area contributed by atoms with Crippen molar-refractivity contribution in [3.8, 4) is 0 Å². The maximum absolute atomic E-state index is 8.55. The van der Waals surface area contributed by atoms with Crippen molar-refractivity contribution < 1.29 is 137 Å². The molecule has 0 radical (unpaired) electrons.